The quantitative estimate of drug-likeness (QED) is 0.131. The van der Waals surface area contributed by atoms with Crippen LogP contribution in [0, 0.1) is 11.8 Å². The molecule has 2 atom stereocenters. The summed E-state index contributed by atoms with van der Waals surface area (Å²) < 4.78 is 29.2. The predicted octanol–water partition coefficient (Wildman–Crippen LogP) is 10.9. The fraction of sp³-hybridized carbons (Fsp3) is 0.556. The smallest absolute Gasteiger partial charge is 0.282 e. The van der Waals surface area contributed by atoms with Gasteiger partial charge in [0, 0.05) is 0 Å². The van der Waals surface area contributed by atoms with Gasteiger partial charge in [0.05, 0.1) is 4.90 Å². The summed E-state index contributed by atoms with van der Waals surface area (Å²) in [6, 6.07) is 21.4. The average Bonchev–Trinajstić information content (AvgIpc) is 2.97. The van der Waals surface area contributed by atoms with E-state index in [-0.39, 0.29) is 4.90 Å². The van der Waals surface area contributed by atoms with Crippen molar-refractivity contribution in [2.45, 2.75) is 122 Å². The molecule has 1 N–H and O–H groups in total. The van der Waals surface area contributed by atoms with E-state index < -0.39 is 10.1 Å². The Morgan fingerprint density at radius 3 is 1.70 bits per heavy atom. The minimum Gasteiger partial charge on any atom is -0.282 e. The third-order valence-electron chi connectivity index (χ3n) is 8.27. The third kappa shape index (κ3) is 12.1. The number of hydrogen-bond donors (Lipinski definition) is 1. The topological polar surface area (TPSA) is 54.4 Å². The highest BCUT2D eigenvalue weighted by Crippen LogP contribution is 2.31. The molecule has 2 unspecified atom stereocenters. The van der Waals surface area contributed by atoms with Gasteiger partial charge in [-0.1, -0.05) is 159 Å². The summed E-state index contributed by atoms with van der Waals surface area (Å²) in [5, 5.41) is 2.94. The summed E-state index contributed by atoms with van der Waals surface area (Å²) in [5.74, 6) is 1.67. The van der Waals surface area contributed by atoms with E-state index in [2.05, 4.69) is 64.1 Å². The second kappa shape index (κ2) is 19.0. The van der Waals surface area contributed by atoms with Crippen molar-refractivity contribution in [1.82, 2.24) is 0 Å². The molecule has 3 nitrogen and oxygen atoms in total. The van der Waals surface area contributed by atoms with E-state index >= 15 is 0 Å². The second-order valence-corrected chi connectivity index (χ2v) is 12.8. The maximum atomic E-state index is 10.4. The minimum atomic E-state index is -4.00. The number of benzene rings is 3. The summed E-state index contributed by atoms with van der Waals surface area (Å²) in [6.45, 7) is 9.42. The molecule has 3 rings (SSSR count). The molecule has 0 saturated heterocycles. The third-order valence-corrected chi connectivity index (χ3v) is 9.13. The van der Waals surface area contributed by atoms with Crippen LogP contribution in [0.25, 0.3) is 10.8 Å². The Morgan fingerprint density at radius 1 is 0.625 bits per heavy atom. The van der Waals surface area contributed by atoms with Gasteiger partial charge in [0.15, 0.2) is 0 Å². The fourth-order valence-electron chi connectivity index (χ4n) is 5.63. The first kappa shape index (κ1) is 34.0. The van der Waals surface area contributed by atoms with Crippen molar-refractivity contribution >= 4 is 20.9 Å². The summed E-state index contributed by atoms with van der Waals surface area (Å²) in [5.41, 5.74) is 3.31. The molecule has 0 aliphatic carbocycles. The Kier molecular flexibility index (Phi) is 16.2. The molecule has 0 bridgehead atoms. The molecule has 40 heavy (non-hydrogen) atoms. The van der Waals surface area contributed by atoms with Gasteiger partial charge in [0.2, 0.25) is 0 Å². The van der Waals surface area contributed by atoms with E-state index in [0.29, 0.717) is 0 Å². The highest BCUT2D eigenvalue weighted by atomic mass is 32.2. The minimum absolute atomic E-state index is 0.0741. The van der Waals surface area contributed by atoms with E-state index in [4.69, 9.17) is 4.55 Å². The van der Waals surface area contributed by atoms with Crippen LogP contribution in [-0.4, -0.2) is 13.0 Å². The van der Waals surface area contributed by atoms with Crippen molar-refractivity contribution in [2.24, 2.45) is 11.8 Å². The monoisotopic (exact) mass is 566 g/mol. The van der Waals surface area contributed by atoms with Gasteiger partial charge in [-0.25, -0.2) is 0 Å². The summed E-state index contributed by atoms with van der Waals surface area (Å²) in [6.07, 6.45) is 19.0. The van der Waals surface area contributed by atoms with Crippen molar-refractivity contribution in [3.05, 3.63) is 77.9 Å². The van der Waals surface area contributed by atoms with Gasteiger partial charge in [-0.2, -0.15) is 8.42 Å². The maximum absolute atomic E-state index is 10.4. The molecular weight excluding hydrogens is 512 g/mol. The van der Waals surface area contributed by atoms with Gasteiger partial charge >= 0.3 is 0 Å². The van der Waals surface area contributed by atoms with Gasteiger partial charge in [-0.05, 0) is 58.7 Å². The van der Waals surface area contributed by atoms with Crippen molar-refractivity contribution in [1.29, 1.82) is 0 Å². The van der Waals surface area contributed by atoms with Crippen LogP contribution in [0.2, 0.25) is 0 Å². The lowest BCUT2D eigenvalue weighted by molar-refractivity contribution is 0.426. The molecule has 0 amide bonds. The number of fused-ring (bicyclic) bond motifs is 1. The van der Waals surface area contributed by atoms with Crippen molar-refractivity contribution in [3.8, 4) is 0 Å². The van der Waals surface area contributed by atoms with Gasteiger partial charge in [-0.3, -0.25) is 4.55 Å². The van der Waals surface area contributed by atoms with Crippen LogP contribution < -0.4 is 0 Å². The van der Waals surface area contributed by atoms with E-state index in [0.717, 1.165) is 11.8 Å². The zero-order valence-electron chi connectivity index (χ0n) is 25.6. The molecule has 222 valence electrons. The lowest BCUT2D eigenvalue weighted by atomic mass is 9.83. The summed E-state index contributed by atoms with van der Waals surface area (Å²) in [4.78, 5) is -0.0741. The number of hydrogen-bond acceptors (Lipinski definition) is 2. The van der Waals surface area contributed by atoms with Crippen LogP contribution in [0.15, 0.2) is 71.6 Å². The van der Waals surface area contributed by atoms with Crippen LogP contribution in [0.4, 0.5) is 0 Å². The van der Waals surface area contributed by atoms with Crippen LogP contribution in [-0.2, 0) is 23.0 Å². The molecule has 0 aromatic heterocycles. The van der Waals surface area contributed by atoms with Gasteiger partial charge in [-0.15, -0.1) is 0 Å². The molecular formula is C36H54O3S. The molecule has 3 aromatic rings. The van der Waals surface area contributed by atoms with Gasteiger partial charge in [0.25, 0.3) is 10.1 Å². The fourth-order valence-corrected chi connectivity index (χ4v) is 6.13. The lowest BCUT2D eigenvalue weighted by Crippen LogP contribution is -2.10. The Morgan fingerprint density at radius 2 is 1.18 bits per heavy atom. The largest absolute Gasteiger partial charge is 0.294 e. The Labute approximate surface area is 245 Å². The van der Waals surface area contributed by atoms with E-state index in [1.807, 2.05) is 0 Å². The molecule has 0 spiro atoms. The first-order valence-electron chi connectivity index (χ1n) is 15.9. The van der Waals surface area contributed by atoms with Crippen molar-refractivity contribution in [3.63, 3.8) is 0 Å². The number of unbranched alkanes of at least 4 members (excludes halogenated alkanes) is 6. The lowest BCUT2D eigenvalue weighted by Gasteiger charge is -2.22. The van der Waals surface area contributed by atoms with Crippen LogP contribution >= 0.6 is 0 Å². The zero-order valence-corrected chi connectivity index (χ0v) is 26.4. The molecule has 0 aliphatic heterocycles. The molecule has 4 heteroatoms. The summed E-state index contributed by atoms with van der Waals surface area (Å²) in [7, 11) is -4.00. The second-order valence-electron chi connectivity index (χ2n) is 11.4. The zero-order chi connectivity index (χ0) is 29.2. The highest BCUT2D eigenvalue weighted by molar-refractivity contribution is 7.85. The summed E-state index contributed by atoms with van der Waals surface area (Å²) >= 11 is 0. The van der Waals surface area contributed by atoms with E-state index in [9.17, 15) is 8.42 Å². The van der Waals surface area contributed by atoms with Crippen molar-refractivity contribution < 1.29 is 13.0 Å². The SMILES string of the molecule is CCCCCCC(CC)Cc1ccc2ccccc2c1CC(CC)CCCCCC.O=S(=O)(O)c1ccccc1. The van der Waals surface area contributed by atoms with Crippen LogP contribution in [0.3, 0.4) is 0 Å². The molecule has 0 aliphatic rings. The van der Waals surface area contributed by atoms with Gasteiger partial charge < -0.3 is 0 Å². The van der Waals surface area contributed by atoms with Gasteiger partial charge in [0.1, 0.15) is 0 Å². The van der Waals surface area contributed by atoms with Crippen LogP contribution in [0.5, 0.6) is 0 Å². The average molecular weight is 567 g/mol. The Bertz CT molecular complexity index is 1190. The normalized spacial score (nSPS) is 13.0. The highest BCUT2D eigenvalue weighted by Gasteiger charge is 2.16. The molecule has 0 radical (unpaired) electrons. The molecule has 0 fully saturated rings. The maximum Gasteiger partial charge on any atom is 0.294 e. The molecule has 0 saturated carbocycles. The van der Waals surface area contributed by atoms with Crippen LogP contribution in [0.1, 0.15) is 116 Å². The molecule has 3 aromatic carbocycles. The standard InChI is InChI=1S/C30H48.C6H6O3S/c1-5-9-11-13-17-25(7-3)23-28-22-21-27-19-15-16-20-29(27)30(28)24-26(8-4)18-14-12-10-6-2;7-10(8,9)6-4-2-1-3-5-6/h15-16,19-22,25-26H,5-14,17-18,23-24H2,1-4H3;1-5H,(H,7,8,9). The van der Waals surface area contributed by atoms with E-state index in [1.165, 1.54) is 113 Å². The van der Waals surface area contributed by atoms with E-state index in [1.54, 1.807) is 29.3 Å². The Balaban J connectivity index is 0.000000469. The Hall–Kier alpha value is -2.17. The first-order valence-corrected chi connectivity index (χ1v) is 17.3. The van der Waals surface area contributed by atoms with Crippen molar-refractivity contribution in [2.75, 3.05) is 0 Å². The number of rotatable bonds is 17. The first-order chi connectivity index (χ1) is 19.3. The predicted molar refractivity (Wildman–Crippen MR) is 173 cm³/mol. The molecule has 0 heterocycles.